The van der Waals surface area contributed by atoms with Gasteiger partial charge >= 0.3 is 24.1 Å². The number of thiazole rings is 4. The number of carbonyl (C=O) groups is 4. The van der Waals surface area contributed by atoms with Crippen LogP contribution in [-0.4, -0.2) is 203 Å². The van der Waals surface area contributed by atoms with Crippen molar-refractivity contribution < 1.29 is 49.8 Å². The quantitative estimate of drug-likeness (QED) is 0.0283. The summed E-state index contributed by atoms with van der Waals surface area (Å²) in [6.07, 6.45) is 19.5. The number of urea groups is 4. The van der Waals surface area contributed by atoms with Crippen LogP contribution >= 0.6 is 45.3 Å². The van der Waals surface area contributed by atoms with Crippen molar-refractivity contribution in [2.24, 2.45) is 0 Å². The first-order valence-corrected chi connectivity index (χ1v) is 45.0. The number of anilines is 5. The maximum Gasteiger partial charge on any atom is 0.321 e. The number of nitrogens with one attached hydrogen (secondary N) is 9. The monoisotopic (exact) mass is 1850 g/mol. The summed E-state index contributed by atoms with van der Waals surface area (Å²) >= 11 is 5.48. The molecule has 16 aromatic rings. The lowest BCUT2D eigenvalue weighted by atomic mass is 10.0. The number of aliphatic hydroxyl groups is 6. The van der Waals surface area contributed by atoms with E-state index >= 15 is 0 Å². The van der Waals surface area contributed by atoms with Crippen molar-refractivity contribution in [2.75, 3.05) is 80.0 Å². The number of rotatable bonds is 23. The molecule has 1 aliphatic heterocycles. The standard InChI is InChI=1S/C27H31N7O3S.C23H26N8O3S.C21H20N6O2S.C20H18N6O2S/c1-4-28-25(36)33-26-32-22-11-18(19-12-30-24(16(2)35)31-13-19)10-20(23(22)38-26)21-9-17(5-7-29-21)14-34-8-6-27(3,37)15-34;1-4-24-21(33)31-22-29-16-10-13(14-11-27-20(28-12-14)23(2,3)34)9-15(18(16)35-22)19-26-6-5-17(30-19)25-7-8-32;1-21(2,29)18-24-10-13(11-25-18)12-8-14(15-6-4-5-7-23-15)17-16(9-12)26-20(30-17)27-19(28)22-3;1-11(27)18-23-9-13(10-24-18)12-7-14(15-5-3-4-6-22-15)17-16(8-12)25-20(29-17)26-19(28)21-2/h5,7,9-13,16,35,37H,4,6,8,14-15H2,1-3H3,(H2,28,32,33,36);5-6,9-12,32,34H,4,7-8H2,1-3H3,(H,25,26,30)(H2,24,29,31,33);4-11,29H,1-3H3,(H2,22,26,27,28);3-11,27H,1-2H3,(H2,21,25,26,28). The first-order valence-electron chi connectivity index (χ1n) is 41.8. The molecular weight excluding hydrogens is 1760 g/mol. The van der Waals surface area contributed by atoms with Gasteiger partial charge in [-0.15, -0.1) is 0 Å². The van der Waals surface area contributed by atoms with Crippen LogP contribution in [0.3, 0.4) is 0 Å². The molecule has 3 atom stereocenters. The van der Waals surface area contributed by atoms with Crippen LogP contribution in [0.15, 0.2) is 177 Å². The smallest absolute Gasteiger partial charge is 0.321 e. The lowest BCUT2D eigenvalue weighted by molar-refractivity contribution is 0.0675. The van der Waals surface area contributed by atoms with E-state index < -0.39 is 29.0 Å². The molecule has 132 heavy (non-hydrogen) atoms. The van der Waals surface area contributed by atoms with E-state index in [2.05, 4.69) is 144 Å². The van der Waals surface area contributed by atoms with E-state index in [0.29, 0.717) is 87.2 Å². The van der Waals surface area contributed by atoms with Crippen molar-refractivity contribution >= 4 is 137 Å². The summed E-state index contributed by atoms with van der Waals surface area (Å²) in [6, 6.07) is 31.5. The average Bonchev–Trinajstić information content (AvgIpc) is 1.73. The molecule has 0 spiro atoms. The first kappa shape index (κ1) is 94.0. The molecule has 15 N–H and O–H groups in total. The molecule has 0 bridgehead atoms. The van der Waals surface area contributed by atoms with Gasteiger partial charge in [-0.2, -0.15) is 0 Å². The molecule has 12 aromatic heterocycles. The molecule has 0 radical (unpaired) electrons. The molecule has 41 heteroatoms. The Labute approximate surface area is 772 Å². The molecule has 0 saturated carbocycles. The van der Waals surface area contributed by atoms with E-state index in [1.165, 1.54) is 45.3 Å². The third-order valence-electron chi connectivity index (χ3n) is 20.0. The summed E-state index contributed by atoms with van der Waals surface area (Å²) in [4.78, 5) is 125. The minimum Gasteiger partial charge on any atom is -0.395 e. The number of hydrogen-bond donors (Lipinski definition) is 15. The Balaban J connectivity index is 0.000000142. The Bertz CT molecular complexity index is 6760. The number of likely N-dealkylation sites (tertiary alicyclic amines) is 1. The van der Waals surface area contributed by atoms with Crippen molar-refractivity contribution in [2.45, 2.75) is 104 Å². The van der Waals surface area contributed by atoms with Gasteiger partial charge in [-0.25, -0.2) is 89.0 Å². The topological polar surface area (TPSA) is 520 Å². The number of amides is 8. The normalized spacial score (nSPS) is 13.6. The second kappa shape index (κ2) is 41.8. The molecule has 1 saturated heterocycles. The molecular formula is C91H95N27O10S4. The number of hydrogen-bond acceptors (Lipinski definition) is 33. The molecule has 3 unspecified atom stereocenters. The van der Waals surface area contributed by atoms with Gasteiger partial charge in [0, 0.05) is 172 Å². The number of benzene rings is 4. The van der Waals surface area contributed by atoms with Crippen LogP contribution in [0.2, 0.25) is 0 Å². The summed E-state index contributed by atoms with van der Waals surface area (Å²) in [7, 11) is 3.11. The number of aliphatic hydroxyl groups excluding tert-OH is 3. The van der Waals surface area contributed by atoms with E-state index in [9.17, 15) is 44.7 Å². The summed E-state index contributed by atoms with van der Waals surface area (Å²) in [6.45, 7) is 18.9. The van der Waals surface area contributed by atoms with Crippen LogP contribution in [0.1, 0.15) is 110 Å². The fraction of sp³-hybridized carbons (Fsp3) is 0.264. The Hall–Kier alpha value is -14.1. The lowest BCUT2D eigenvalue weighted by Crippen LogP contribution is -2.29. The van der Waals surface area contributed by atoms with Crippen LogP contribution in [0, 0.1) is 0 Å². The second-order valence-electron chi connectivity index (χ2n) is 31.5. The summed E-state index contributed by atoms with van der Waals surface area (Å²) < 4.78 is 3.53. The molecule has 678 valence electrons. The van der Waals surface area contributed by atoms with Crippen molar-refractivity contribution in [1.82, 2.24) is 111 Å². The fourth-order valence-corrected chi connectivity index (χ4v) is 17.5. The van der Waals surface area contributed by atoms with E-state index in [1.807, 2.05) is 112 Å². The fourth-order valence-electron chi connectivity index (χ4n) is 13.6. The molecule has 8 amide bonds. The third-order valence-corrected chi connectivity index (χ3v) is 24.1. The zero-order valence-electron chi connectivity index (χ0n) is 73.6. The van der Waals surface area contributed by atoms with Crippen molar-refractivity contribution in [3.05, 3.63) is 206 Å². The summed E-state index contributed by atoms with van der Waals surface area (Å²) in [5, 5.41) is 85.6. The number of aromatic nitrogens is 17. The van der Waals surface area contributed by atoms with Crippen LogP contribution in [0.5, 0.6) is 0 Å². The predicted octanol–water partition coefficient (Wildman–Crippen LogP) is 14.4. The van der Waals surface area contributed by atoms with Crippen LogP contribution in [-0.2, 0) is 17.7 Å². The molecule has 1 aliphatic rings. The van der Waals surface area contributed by atoms with E-state index in [4.69, 9.17) is 5.11 Å². The van der Waals surface area contributed by atoms with Crippen molar-refractivity contribution in [1.29, 1.82) is 0 Å². The number of carbonyl (C=O) groups excluding carboxylic acids is 4. The Morgan fingerprint density at radius 3 is 1.18 bits per heavy atom. The Morgan fingerprint density at radius 1 is 0.455 bits per heavy atom. The van der Waals surface area contributed by atoms with Gasteiger partial charge in [0.25, 0.3) is 0 Å². The zero-order valence-corrected chi connectivity index (χ0v) is 76.8. The van der Waals surface area contributed by atoms with Gasteiger partial charge in [0.05, 0.1) is 70.2 Å². The summed E-state index contributed by atoms with van der Waals surface area (Å²) in [5.41, 5.74) is 13.3. The Kier molecular flexibility index (Phi) is 29.7. The van der Waals surface area contributed by atoms with E-state index in [-0.39, 0.29) is 30.7 Å². The first-order chi connectivity index (χ1) is 63.4. The van der Waals surface area contributed by atoms with Crippen molar-refractivity contribution in [3.63, 3.8) is 0 Å². The molecule has 13 heterocycles. The highest BCUT2D eigenvalue weighted by atomic mass is 32.1. The van der Waals surface area contributed by atoms with Crippen molar-refractivity contribution in [3.8, 4) is 89.7 Å². The van der Waals surface area contributed by atoms with Gasteiger partial charge in [-0.3, -0.25) is 41.1 Å². The van der Waals surface area contributed by atoms with E-state index in [0.717, 1.165) is 144 Å². The number of pyridine rings is 3. The molecule has 4 aromatic carbocycles. The SMILES string of the molecule is CCNC(=O)Nc1nc2cc(-c3cnc(C(C)(C)O)nc3)cc(-c3nccc(NCCO)n3)c2s1.CCNC(=O)Nc1nc2cc(-c3cnc(C(C)O)nc3)cc(-c3cc(CN4CCC(C)(O)C4)ccn3)c2s1.CNC(=O)Nc1nc2cc(-c3cnc(C(C)(C)O)nc3)cc(-c3ccccn3)c2s1.CNC(=O)Nc1nc2cc(-c3cnc(C(C)O)nc3)cc(-c3ccccn3)c2s1. The maximum absolute atomic E-state index is 12.1. The second-order valence-corrected chi connectivity index (χ2v) is 35.5. The number of nitrogens with zero attached hydrogens (tertiary/aromatic N) is 18. The predicted molar refractivity (Wildman–Crippen MR) is 513 cm³/mol. The van der Waals surface area contributed by atoms with Gasteiger partial charge < -0.3 is 57.2 Å². The van der Waals surface area contributed by atoms with E-state index in [1.54, 1.807) is 136 Å². The highest BCUT2D eigenvalue weighted by molar-refractivity contribution is 7.24. The summed E-state index contributed by atoms with van der Waals surface area (Å²) in [5.74, 6) is 2.42. The highest BCUT2D eigenvalue weighted by Gasteiger charge is 2.32. The van der Waals surface area contributed by atoms with Crippen LogP contribution in [0.25, 0.3) is 131 Å². The van der Waals surface area contributed by atoms with Gasteiger partial charge in [0.1, 0.15) is 29.2 Å². The minimum atomic E-state index is -1.15. The number of fused-ring (bicyclic) bond motifs is 4. The van der Waals surface area contributed by atoms with Gasteiger partial charge in [0.15, 0.2) is 49.6 Å². The maximum atomic E-state index is 12.1. The largest absolute Gasteiger partial charge is 0.395 e. The van der Waals surface area contributed by atoms with Crippen LogP contribution < -0.4 is 47.9 Å². The van der Waals surface area contributed by atoms with Crippen LogP contribution in [0.4, 0.5) is 45.5 Å². The average molecular weight is 1860 g/mol. The number of β-amino-alcohol motifs (C(OH)–C–C–N with tert-alkyl or cyclic N) is 1. The molecule has 17 rings (SSSR count). The van der Waals surface area contributed by atoms with Gasteiger partial charge in [-0.1, -0.05) is 57.5 Å². The minimum absolute atomic E-state index is 0.0244. The molecule has 0 aliphatic carbocycles. The molecule has 1 fully saturated rings. The molecule has 37 nitrogen and oxygen atoms in total. The highest BCUT2D eigenvalue weighted by Crippen LogP contribution is 2.44. The zero-order chi connectivity index (χ0) is 93.5. The third kappa shape index (κ3) is 23.5. The Morgan fingerprint density at radius 2 is 0.826 bits per heavy atom. The van der Waals surface area contributed by atoms with Gasteiger partial charge in [0.2, 0.25) is 0 Å². The lowest BCUT2D eigenvalue weighted by Gasteiger charge is -2.19. The van der Waals surface area contributed by atoms with Gasteiger partial charge in [-0.05, 0) is 188 Å².